The molecule has 120 valence electrons. The fourth-order valence-corrected chi connectivity index (χ4v) is 1.93. The highest BCUT2D eigenvalue weighted by molar-refractivity contribution is 5.95. The smallest absolute Gasteiger partial charge is 0.252 e. The highest BCUT2D eigenvalue weighted by atomic mass is 16.5. The van der Waals surface area contributed by atoms with Gasteiger partial charge in [0.1, 0.15) is 5.82 Å². The van der Waals surface area contributed by atoms with Gasteiger partial charge < -0.3 is 15.4 Å². The number of carbonyl (C=O) groups excluding carboxylic acids is 2. The SMILES string of the molecule is COCCNC(=O)c1ccc(Nc2cccc(C(C)=O)c2)nc1. The van der Waals surface area contributed by atoms with E-state index >= 15 is 0 Å². The normalized spacial score (nSPS) is 10.2. The topological polar surface area (TPSA) is 80.3 Å². The summed E-state index contributed by atoms with van der Waals surface area (Å²) in [7, 11) is 1.58. The molecular weight excluding hydrogens is 294 g/mol. The summed E-state index contributed by atoms with van der Waals surface area (Å²) in [5.41, 5.74) is 1.87. The zero-order chi connectivity index (χ0) is 16.7. The number of Topliss-reactive ketones (excluding diaryl/α,β-unsaturated/α-hetero) is 1. The Kier molecular flexibility index (Phi) is 5.82. The van der Waals surface area contributed by atoms with E-state index in [0.717, 1.165) is 5.69 Å². The molecule has 6 nitrogen and oxygen atoms in total. The first kappa shape index (κ1) is 16.6. The molecular formula is C17H19N3O3. The van der Waals surface area contributed by atoms with Crippen LogP contribution in [0.2, 0.25) is 0 Å². The number of benzene rings is 1. The van der Waals surface area contributed by atoms with E-state index in [2.05, 4.69) is 15.6 Å². The lowest BCUT2D eigenvalue weighted by molar-refractivity contribution is 0.0936. The number of pyridine rings is 1. The van der Waals surface area contributed by atoms with Gasteiger partial charge in [0.15, 0.2) is 5.78 Å². The van der Waals surface area contributed by atoms with Crippen LogP contribution in [-0.4, -0.2) is 36.9 Å². The van der Waals surface area contributed by atoms with Gasteiger partial charge >= 0.3 is 0 Å². The molecule has 0 spiro atoms. The molecule has 2 aromatic rings. The molecule has 0 aliphatic heterocycles. The molecule has 0 bridgehead atoms. The van der Waals surface area contributed by atoms with Crippen LogP contribution in [0.4, 0.5) is 11.5 Å². The average Bonchev–Trinajstić information content (AvgIpc) is 2.56. The second-order valence-corrected chi connectivity index (χ2v) is 4.94. The van der Waals surface area contributed by atoms with Crippen molar-refractivity contribution < 1.29 is 14.3 Å². The number of nitrogens with zero attached hydrogens (tertiary/aromatic N) is 1. The highest BCUT2D eigenvalue weighted by Crippen LogP contribution is 2.16. The zero-order valence-corrected chi connectivity index (χ0v) is 13.1. The highest BCUT2D eigenvalue weighted by Gasteiger charge is 2.06. The Labute approximate surface area is 134 Å². The third kappa shape index (κ3) is 4.89. The largest absolute Gasteiger partial charge is 0.383 e. The van der Waals surface area contributed by atoms with Crippen molar-refractivity contribution in [1.29, 1.82) is 0 Å². The lowest BCUT2D eigenvalue weighted by Gasteiger charge is -2.08. The summed E-state index contributed by atoms with van der Waals surface area (Å²) in [6, 6.07) is 10.6. The number of aromatic nitrogens is 1. The van der Waals surface area contributed by atoms with Gasteiger partial charge in [-0.15, -0.1) is 0 Å². The van der Waals surface area contributed by atoms with Crippen molar-refractivity contribution in [2.45, 2.75) is 6.92 Å². The van der Waals surface area contributed by atoms with Gasteiger partial charge in [0, 0.05) is 31.1 Å². The number of hydrogen-bond acceptors (Lipinski definition) is 5. The summed E-state index contributed by atoms with van der Waals surface area (Å²) in [4.78, 5) is 27.4. The quantitative estimate of drug-likeness (QED) is 0.606. The van der Waals surface area contributed by atoms with Gasteiger partial charge in [0.2, 0.25) is 0 Å². The fraction of sp³-hybridized carbons (Fsp3) is 0.235. The van der Waals surface area contributed by atoms with Crippen LogP contribution in [-0.2, 0) is 4.74 Å². The van der Waals surface area contributed by atoms with E-state index < -0.39 is 0 Å². The van der Waals surface area contributed by atoms with E-state index in [-0.39, 0.29) is 11.7 Å². The van der Waals surface area contributed by atoms with Crippen LogP contribution in [0.1, 0.15) is 27.6 Å². The molecule has 0 unspecified atom stereocenters. The maximum absolute atomic E-state index is 11.8. The molecule has 1 aromatic heterocycles. The van der Waals surface area contributed by atoms with Crippen molar-refractivity contribution in [2.75, 3.05) is 25.6 Å². The molecule has 0 saturated heterocycles. The molecule has 0 aliphatic carbocycles. The van der Waals surface area contributed by atoms with Crippen molar-refractivity contribution in [3.8, 4) is 0 Å². The summed E-state index contributed by atoms with van der Waals surface area (Å²) in [5.74, 6) is 0.406. The van der Waals surface area contributed by atoms with E-state index in [1.54, 1.807) is 37.4 Å². The van der Waals surface area contributed by atoms with Crippen LogP contribution < -0.4 is 10.6 Å². The van der Waals surface area contributed by atoms with Crippen molar-refractivity contribution in [2.24, 2.45) is 0 Å². The number of carbonyl (C=O) groups is 2. The van der Waals surface area contributed by atoms with E-state index in [0.29, 0.717) is 30.1 Å². The lowest BCUT2D eigenvalue weighted by atomic mass is 10.1. The van der Waals surface area contributed by atoms with Crippen LogP contribution in [0.15, 0.2) is 42.6 Å². The number of ketones is 1. The van der Waals surface area contributed by atoms with Crippen LogP contribution >= 0.6 is 0 Å². The van der Waals surface area contributed by atoms with E-state index in [9.17, 15) is 9.59 Å². The zero-order valence-electron chi connectivity index (χ0n) is 13.1. The van der Waals surface area contributed by atoms with Crippen LogP contribution in [0, 0.1) is 0 Å². The van der Waals surface area contributed by atoms with Crippen molar-refractivity contribution in [3.05, 3.63) is 53.7 Å². The maximum Gasteiger partial charge on any atom is 0.252 e. The number of anilines is 2. The number of hydrogen-bond donors (Lipinski definition) is 2. The summed E-state index contributed by atoms with van der Waals surface area (Å²) in [5, 5.41) is 5.83. The molecule has 2 N–H and O–H groups in total. The lowest BCUT2D eigenvalue weighted by Crippen LogP contribution is -2.26. The molecule has 0 radical (unpaired) electrons. The van der Waals surface area contributed by atoms with Gasteiger partial charge in [-0.25, -0.2) is 4.98 Å². The first-order valence-electron chi connectivity index (χ1n) is 7.21. The summed E-state index contributed by atoms with van der Waals surface area (Å²) < 4.78 is 4.88. The van der Waals surface area contributed by atoms with E-state index in [1.165, 1.54) is 13.1 Å². The average molecular weight is 313 g/mol. The monoisotopic (exact) mass is 313 g/mol. The molecule has 0 atom stereocenters. The van der Waals surface area contributed by atoms with Gasteiger partial charge in [-0.05, 0) is 31.2 Å². The first-order valence-corrected chi connectivity index (χ1v) is 7.21. The van der Waals surface area contributed by atoms with E-state index in [4.69, 9.17) is 4.74 Å². The van der Waals surface area contributed by atoms with Gasteiger partial charge in [-0.1, -0.05) is 12.1 Å². The Hall–Kier alpha value is -2.73. The molecule has 1 heterocycles. The van der Waals surface area contributed by atoms with Gasteiger partial charge in [0.05, 0.1) is 12.2 Å². The Bertz CT molecular complexity index is 684. The van der Waals surface area contributed by atoms with Crippen molar-refractivity contribution in [3.63, 3.8) is 0 Å². The summed E-state index contributed by atoms with van der Waals surface area (Å²) >= 11 is 0. The third-order valence-corrected chi connectivity index (χ3v) is 3.16. The number of methoxy groups -OCH3 is 1. The summed E-state index contributed by atoms with van der Waals surface area (Å²) in [6.45, 7) is 2.44. The number of ether oxygens (including phenoxy) is 1. The molecule has 1 aromatic carbocycles. The van der Waals surface area contributed by atoms with Gasteiger partial charge in [-0.2, -0.15) is 0 Å². The Balaban J connectivity index is 2.01. The molecule has 23 heavy (non-hydrogen) atoms. The molecule has 2 rings (SSSR count). The molecule has 0 aliphatic rings. The number of amides is 1. The summed E-state index contributed by atoms with van der Waals surface area (Å²) in [6.07, 6.45) is 1.50. The van der Waals surface area contributed by atoms with Crippen LogP contribution in [0.25, 0.3) is 0 Å². The molecule has 6 heteroatoms. The van der Waals surface area contributed by atoms with Gasteiger partial charge in [0.25, 0.3) is 5.91 Å². The second-order valence-electron chi connectivity index (χ2n) is 4.94. The maximum atomic E-state index is 11.8. The van der Waals surface area contributed by atoms with Crippen LogP contribution in [0.5, 0.6) is 0 Å². The minimum Gasteiger partial charge on any atom is -0.383 e. The standard InChI is InChI=1S/C17H19N3O3/c1-12(21)13-4-3-5-15(10-13)20-16-7-6-14(11-19-16)17(22)18-8-9-23-2/h3-7,10-11H,8-9H2,1-2H3,(H,18,22)(H,19,20). The number of nitrogens with one attached hydrogen (secondary N) is 2. The van der Waals surface area contributed by atoms with Crippen LogP contribution in [0.3, 0.4) is 0 Å². The Morgan fingerprint density at radius 1 is 1.17 bits per heavy atom. The molecule has 0 saturated carbocycles. The minimum absolute atomic E-state index is 0.00434. The Morgan fingerprint density at radius 2 is 2.00 bits per heavy atom. The minimum atomic E-state index is -0.195. The Morgan fingerprint density at radius 3 is 2.65 bits per heavy atom. The van der Waals surface area contributed by atoms with Crippen molar-refractivity contribution >= 4 is 23.2 Å². The molecule has 1 amide bonds. The third-order valence-electron chi connectivity index (χ3n) is 3.16. The van der Waals surface area contributed by atoms with Crippen molar-refractivity contribution in [1.82, 2.24) is 10.3 Å². The van der Waals surface area contributed by atoms with E-state index in [1.807, 2.05) is 6.07 Å². The second kappa shape index (κ2) is 8.05. The first-order chi connectivity index (χ1) is 11.1. The predicted octanol–water partition coefficient (Wildman–Crippen LogP) is 2.40. The molecule has 0 fully saturated rings. The fourth-order valence-electron chi connectivity index (χ4n) is 1.93. The predicted molar refractivity (Wildman–Crippen MR) is 88.2 cm³/mol. The number of rotatable bonds is 7. The van der Waals surface area contributed by atoms with Gasteiger partial charge in [-0.3, -0.25) is 9.59 Å².